The molecule has 0 saturated heterocycles. The van der Waals surface area contributed by atoms with Crippen LogP contribution in [0.1, 0.15) is 22.3 Å². The van der Waals surface area contributed by atoms with Gasteiger partial charge in [0, 0.05) is 11.8 Å². The van der Waals surface area contributed by atoms with Crippen molar-refractivity contribution in [2.75, 3.05) is 0 Å². The fourth-order valence-corrected chi connectivity index (χ4v) is 2.69. The second kappa shape index (κ2) is 5.83. The Bertz CT molecular complexity index is 693. The summed E-state index contributed by atoms with van der Waals surface area (Å²) >= 11 is 2.09. The van der Waals surface area contributed by atoms with Crippen molar-refractivity contribution < 1.29 is 10.2 Å². The Balaban J connectivity index is 2.42. The molecular formula is C16H16INO2. The van der Waals surface area contributed by atoms with Gasteiger partial charge in [0.1, 0.15) is 17.2 Å². The molecule has 2 rings (SSSR count). The van der Waals surface area contributed by atoms with Crippen LogP contribution in [0.5, 0.6) is 11.5 Å². The molecule has 0 bridgehead atoms. The summed E-state index contributed by atoms with van der Waals surface area (Å²) in [7, 11) is 0. The molecule has 4 heteroatoms. The molecule has 20 heavy (non-hydrogen) atoms. The Morgan fingerprint density at radius 1 is 1.00 bits per heavy atom. The number of halogens is 1. The second-order valence-electron chi connectivity index (χ2n) is 4.87. The van der Waals surface area contributed by atoms with Crippen molar-refractivity contribution in [2.45, 2.75) is 20.8 Å². The van der Waals surface area contributed by atoms with Crippen LogP contribution in [0.3, 0.4) is 0 Å². The first kappa shape index (κ1) is 14.8. The maximum atomic E-state index is 10.0. The third kappa shape index (κ3) is 3.12. The summed E-state index contributed by atoms with van der Waals surface area (Å²) in [6, 6.07) is 7.29. The minimum atomic E-state index is 0.145. The minimum absolute atomic E-state index is 0.145. The predicted molar refractivity (Wildman–Crippen MR) is 90.4 cm³/mol. The van der Waals surface area contributed by atoms with E-state index < -0.39 is 0 Å². The van der Waals surface area contributed by atoms with Crippen molar-refractivity contribution in [2.24, 2.45) is 4.99 Å². The van der Waals surface area contributed by atoms with Crippen molar-refractivity contribution in [3.63, 3.8) is 0 Å². The number of rotatable bonds is 2. The van der Waals surface area contributed by atoms with E-state index in [1.165, 1.54) is 0 Å². The van der Waals surface area contributed by atoms with Crippen LogP contribution in [-0.4, -0.2) is 16.4 Å². The highest BCUT2D eigenvalue weighted by atomic mass is 127. The molecule has 104 valence electrons. The molecule has 0 heterocycles. The zero-order valence-corrected chi connectivity index (χ0v) is 13.8. The topological polar surface area (TPSA) is 52.8 Å². The molecule has 0 aliphatic rings. The number of phenols is 2. The molecule has 0 amide bonds. The molecular weight excluding hydrogens is 365 g/mol. The van der Waals surface area contributed by atoms with Crippen LogP contribution in [0.25, 0.3) is 0 Å². The van der Waals surface area contributed by atoms with Crippen LogP contribution in [0.4, 0.5) is 5.69 Å². The zero-order valence-electron chi connectivity index (χ0n) is 11.6. The lowest BCUT2D eigenvalue weighted by atomic mass is 10.1. The van der Waals surface area contributed by atoms with E-state index in [9.17, 15) is 10.2 Å². The van der Waals surface area contributed by atoms with Crippen LogP contribution in [0, 0.1) is 24.3 Å². The molecule has 0 aliphatic heterocycles. The standard InChI is InChI=1S/C16H16INO2/c1-9-4-12(16(20)13(17)5-9)8-18-14-6-10(2)11(3)7-15(14)19/h4-8,19-20H,1-3H3. The molecule has 0 aromatic heterocycles. The fraction of sp³-hybridized carbons (Fsp3) is 0.188. The SMILES string of the molecule is Cc1cc(I)c(O)c(C=Nc2cc(C)c(C)cc2O)c1. The summed E-state index contributed by atoms with van der Waals surface area (Å²) in [6.45, 7) is 5.88. The minimum Gasteiger partial charge on any atom is -0.506 e. The number of aromatic hydroxyl groups is 2. The van der Waals surface area contributed by atoms with Crippen LogP contribution in [-0.2, 0) is 0 Å². The number of nitrogens with zero attached hydrogens (tertiary/aromatic N) is 1. The maximum absolute atomic E-state index is 10.0. The zero-order chi connectivity index (χ0) is 14.9. The largest absolute Gasteiger partial charge is 0.506 e. The van der Waals surface area contributed by atoms with E-state index in [4.69, 9.17) is 0 Å². The third-order valence-electron chi connectivity index (χ3n) is 3.17. The third-order valence-corrected chi connectivity index (χ3v) is 3.99. The Kier molecular flexibility index (Phi) is 4.32. The summed E-state index contributed by atoms with van der Waals surface area (Å²) in [6.07, 6.45) is 1.58. The van der Waals surface area contributed by atoms with E-state index in [0.29, 0.717) is 11.3 Å². The quantitative estimate of drug-likeness (QED) is 0.599. The smallest absolute Gasteiger partial charge is 0.141 e. The first-order valence-electron chi connectivity index (χ1n) is 6.22. The van der Waals surface area contributed by atoms with E-state index in [-0.39, 0.29) is 11.5 Å². The van der Waals surface area contributed by atoms with Crippen LogP contribution >= 0.6 is 22.6 Å². The predicted octanol–water partition coefficient (Wildman–Crippen LogP) is 4.38. The number of hydrogen-bond acceptors (Lipinski definition) is 3. The average Bonchev–Trinajstić information content (AvgIpc) is 2.37. The van der Waals surface area contributed by atoms with E-state index in [1.807, 2.05) is 39.0 Å². The Morgan fingerprint density at radius 2 is 1.65 bits per heavy atom. The molecule has 0 unspecified atom stereocenters. The molecule has 0 fully saturated rings. The van der Waals surface area contributed by atoms with Gasteiger partial charge in [-0.2, -0.15) is 0 Å². The van der Waals surface area contributed by atoms with Gasteiger partial charge >= 0.3 is 0 Å². The second-order valence-corrected chi connectivity index (χ2v) is 6.03. The highest BCUT2D eigenvalue weighted by Crippen LogP contribution is 2.30. The van der Waals surface area contributed by atoms with Crippen molar-refractivity contribution in [3.05, 3.63) is 50.1 Å². The van der Waals surface area contributed by atoms with Gasteiger partial charge in [-0.3, -0.25) is 4.99 Å². The highest BCUT2D eigenvalue weighted by Gasteiger charge is 2.06. The Hall–Kier alpha value is -1.56. The first-order chi connectivity index (χ1) is 9.38. The first-order valence-corrected chi connectivity index (χ1v) is 7.29. The summed E-state index contributed by atoms with van der Waals surface area (Å²) in [4.78, 5) is 4.28. The summed E-state index contributed by atoms with van der Waals surface area (Å²) < 4.78 is 0.786. The van der Waals surface area contributed by atoms with Crippen molar-refractivity contribution in [3.8, 4) is 11.5 Å². The number of aliphatic imine (C=N–C) groups is 1. The lowest BCUT2D eigenvalue weighted by Crippen LogP contribution is -1.88. The molecule has 0 radical (unpaired) electrons. The normalized spacial score (nSPS) is 11.2. The van der Waals surface area contributed by atoms with E-state index in [1.54, 1.807) is 12.3 Å². The lowest BCUT2D eigenvalue weighted by molar-refractivity contribution is 0.470. The van der Waals surface area contributed by atoms with Gasteiger partial charge in [-0.15, -0.1) is 0 Å². The highest BCUT2D eigenvalue weighted by molar-refractivity contribution is 14.1. The van der Waals surface area contributed by atoms with Crippen LogP contribution in [0.15, 0.2) is 29.3 Å². The molecule has 3 nitrogen and oxygen atoms in total. The maximum Gasteiger partial charge on any atom is 0.141 e. The van der Waals surface area contributed by atoms with Crippen molar-refractivity contribution >= 4 is 34.5 Å². The van der Waals surface area contributed by atoms with Gasteiger partial charge in [-0.1, -0.05) is 0 Å². The van der Waals surface area contributed by atoms with Gasteiger partial charge < -0.3 is 10.2 Å². The lowest BCUT2D eigenvalue weighted by Gasteiger charge is -2.06. The molecule has 0 spiro atoms. The molecule has 0 atom stereocenters. The fourth-order valence-electron chi connectivity index (χ4n) is 1.89. The number of hydrogen-bond donors (Lipinski definition) is 2. The number of aryl methyl sites for hydroxylation is 3. The Labute approximate surface area is 132 Å². The van der Waals surface area contributed by atoms with Gasteiger partial charge in [0.25, 0.3) is 0 Å². The molecule has 2 aromatic rings. The van der Waals surface area contributed by atoms with Gasteiger partial charge in [0.05, 0.1) is 3.57 Å². The van der Waals surface area contributed by atoms with E-state index in [0.717, 1.165) is 20.3 Å². The molecule has 2 aromatic carbocycles. The monoisotopic (exact) mass is 381 g/mol. The van der Waals surface area contributed by atoms with Gasteiger partial charge in [0.2, 0.25) is 0 Å². The number of benzene rings is 2. The van der Waals surface area contributed by atoms with Crippen molar-refractivity contribution in [1.29, 1.82) is 0 Å². The summed E-state index contributed by atoms with van der Waals surface area (Å²) in [5.41, 5.74) is 4.29. The van der Waals surface area contributed by atoms with Gasteiger partial charge in [0.15, 0.2) is 0 Å². The van der Waals surface area contributed by atoms with Gasteiger partial charge in [-0.25, -0.2) is 0 Å². The number of phenolic OH excluding ortho intramolecular Hbond substituents is 2. The molecule has 2 N–H and O–H groups in total. The van der Waals surface area contributed by atoms with Crippen LogP contribution in [0.2, 0.25) is 0 Å². The van der Waals surface area contributed by atoms with E-state index >= 15 is 0 Å². The Morgan fingerprint density at radius 3 is 2.35 bits per heavy atom. The van der Waals surface area contributed by atoms with Gasteiger partial charge in [-0.05, 0) is 84.3 Å². The average molecular weight is 381 g/mol. The molecule has 0 aliphatic carbocycles. The van der Waals surface area contributed by atoms with E-state index in [2.05, 4.69) is 27.6 Å². The van der Waals surface area contributed by atoms with Crippen LogP contribution < -0.4 is 0 Å². The summed E-state index contributed by atoms with van der Waals surface area (Å²) in [5.74, 6) is 0.356. The molecule has 0 saturated carbocycles. The summed E-state index contributed by atoms with van der Waals surface area (Å²) in [5, 5.41) is 19.9. The van der Waals surface area contributed by atoms with Crippen molar-refractivity contribution in [1.82, 2.24) is 0 Å².